The van der Waals surface area contributed by atoms with Crippen LogP contribution in [0.4, 0.5) is 5.69 Å². The summed E-state index contributed by atoms with van der Waals surface area (Å²) in [5.74, 6) is -0.178. The molecule has 0 aliphatic rings. The van der Waals surface area contributed by atoms with Crippen LogP contribution in [0.2, 0.25) is 0 Å². The highest BCUT2D eigenvalue weighted by Gasteiger charge is 2.20. The van der Waals surface area contributed by atoms with Gasteiger partial charge in [0.2, 0.25) is 0 Å². The van der Waals surface area contributed by atoms with Crippen molar-refractivity contribution in [2.75, 3.05) is 5.32 Å². The fourth-order valence-electron chi connectivity index (χ4n) is 3.49. The number of hydrogen-bond acceptors (Lipinski definition) is 5. The van der Waals surface area contributed by atoms with Gasteiger partial charge in [0.25, 0.3) is 5.91 Å². The lowest BCUT2D eigenvalue weighted by atomic mass is 10.0. The summed E-state index contributed by atoms with van der Waals surface area (Å²) in [6, 6.07) is 23.5. The predicted octanol–water partition coefficient (Wildman–Crippen LogP) is 4.69. The minimum atomic E-state index is -0.439. The van der Waals surface area contributed by atoms with Gasteiger partial charge >= 0.3 is 0 Å². The molecule has 31 heavy (non-hydrogen) atoms. The Morgan fingerprint density at radius 2 is 1.68 bits per heavy atom. The fourth-order valence-corrected chi connectivity index (χ4v) is 3.49. The number of phenols is 1. The molecule has 0 unspecified atom stereocenters. The van der Waals surface area contributed by atoms with Gasteiger partial charge in [0.1, 0.15) is 16.8 Å². The van der Waals surface area contributed by atoms with Crippen molar-refractivity contribution in [2.24, 2.45) is 0 Å². The molecular weight excluding hydrogens is 392 g/mol. The summed E-state index contributed by atoms with van der Waals surface area (Å²) in [7, 11) is 0. The maximum Gasteiger partial charge on any atom is 0.259 e. The molecule has 1 heterocycles. The second-order valence-corrected chi connectivity index (χ2v) is 7.13. The van der Waals surface area contributed by atoms with E-state index in [1.165, 1.54) is 10.9 Å². The molecule has 0 radical (unpaired) electrons. The molecule has 0 aliphatic heterocycles. The summed E-state index contributed by atoms with van der Waals surface area (Å²) in [5, 5.41) is 23.0. The highest BCUT2D eigenvalue weighted by Crippen LogP contribution is 2.37. The van der Waals surface area contributed by atoms with Crippen LogP contribution in [0.1, 0.15) is 15.9 Å². The van der Waals surface area contributed by atoms with E-state index < -0.39 is 5.91 Å². The first-order chi connectivity index (χ1) is 15.1. The zero-order valence-corrected chi connectivity index (χ0v) is 16.6. The smallest absolute Gasteiger partial charge is 0.259 e. The summed E-state index contributed by atoms with van der Waals surface area (Å²) >= 11 is 0. The van der Waals surface area contributed by atoms with Crippen molar-refractivity contribution in [3.05, 3.63) is 90.0 Å². The second-order valence-electron chi connectivity index (χ2n) is 7.13. The number of carbonyl (C=O) groups is 1. The number of rotatable bonds is 4. The average Bonchev–Trinajstić information content (AvgIpc) is 3.20. The molecule has 0 fully saturated rings. The molecule has 0 saturated heterocycles. The Balaban J connectivity index is 1.61. The number of benzene rings is 4. The van der Waals surface area contributed by atoms with Gasteiger partial charge in [0.05, 0.1) is 5.56 Å². The monoisotopic (exact) mass is 410 g/mol. The number of anilines is 1. The number of aryl methyl sites for hydroxylation is 1. The standard InChI is InChI=1S/C24H18N4O3/c1-15-8-2-5-11-19(15)25-24(30)18-14-22(16-9-3-4-10-17(16)23(18)29)31-28-21-13-7-6-12-20(21)26-27-28/h2-14,29H,1H3,(H,25,30). The summed E-state index contributed by atoms with van der Waals surface area (Å²) < 4.78 is 0. The van der Waals surface area contributed by atoms with E-state index in [1.807, 2.05) is 67.6 Å². The lowest BCUT2D eigenvalue weighted by Gasteiger charge is -2.14. The normalized spacial score (nSPS) is 11.0. The van der Waals surface area contributed by atoms with Gasteiger partial charge in [-0.15, -0.1) is 5.10 Å². The molecule has 1 aromatic heterocycles. The van der Waals surface area contributed by atoms with Crippen LogP contribution < -0.4 is 10.2 Å². The van der Waals surface area contributed by atoms with E-state index in [9.17, 15) is 9.90 Å². The Morgan fingerprint density at radius 1 is 0.968 bits per heavy atom. The summed E-state index contributed by atoms with van der Waals surface area (Å²) in [4.78, 5) is 20.4. The maximum absolute atomic E-state index is 13.0. The SMILES string of the molecule is Cc1ccccc1NC(=O)c1cc(On2nnc3ccccc32)c2ccccc2c1O. The number of carbonyl (C=O) groups excluding carboxylic acids is 1. The Bertz CT molecular complexity index is 1440. The fraction of sp³-hybridized carbons (Fsp3) is 0.0417. The second kappa shape index (κ2) is 7.46. The number of hydrogen-bond donors (Lipinski definition) is 2. The zero-order valence-electron chi connectivity index (χ0n) is 16.6. The number of nitrogens with one attached hydrogen (secondary N) is 1. The first-order valence-corrected chi connectivity index (χ1v) is 9.72. The number of amides is 1. The van der Waals surface area contributed by atoms with E-state index in [1.54, 1.807) is 12.1 Å². The minimum absolute atomic E-state index is 0.0985. The van der Waals surface area contributed by atoms with E-state index in [0.717, 1.165) is 5.56 Å². The van der Waals surface area contributed by atoms with Crippen molar-refractivity contribution in [3.63, 3.8) is 0 Å². The predicted molar refractivity (Wildman–Crippen MR) is 118 cm³/mol. The van der Waals surface area contributed by atoms with Gasteiger partial charge < -0.3 is 15.3 Å². The average molecular weight is 410 g/mol. The topological polar surface area (TPSA) is 89.3 Å². The molecule has 5 aromatic rings. The number of para-hydroxylation sites is 2. The van der Waals surface area contributed by atoms with Gasteiger partial charge in [-0.05, 0) is 35.9 Å². The van der Waals surface area contributed by atoms with Crippen molar-refractivity contribution in [3.8, 4) is 11.5 Å². The van der Waals surface area contributed by atoms with E-state index in [2.05, 4.69) is 15.6 Å². The van der Waals surface area contributed by atoms with Crippen molar-refractivity contribution < 1.29 is 14.7 Å². The first-order valence-electron chi connectivity index (χ1n) is 9.72. The van der Waals surface area contributed by atoms with Crippen LogP contribution in [-0.2, 0) is 0 Å². The number of aromatic nitrogens is 3. The molecule has 4 aromatic carbocycles. The molecule has 0 bridgehead atoms. The zero-order chi connectivity index (χ0) is 21.4. The van der Waals surface area contributed by atoms with Gasteiger partial charge in [-0.2, -0.15) is 0 Å². The molecule has 5 rings (SSSR count). The number of fused-ring (bicyclic) bond motifs is 2. The molecule has 0 atom stereocenters. The van der Waals surface area contributed by atoms with Gasteiger partial charge in [-0.3, -0.25) is 4.79 Å². The molecular formula is C24H18N4O3. The molecule has 7 heteroatoms. The van der Waals surface area contributed by atoms with Crippen LogP contribution >= 0.6 is 0 Å². The third-order valence-electron chi connectivity index (χ3n) is 5.12. The molecule has 0 aliphatic carbocycles. The summed E-state index contributed by atoms with van der Waals surface area (Å²) in [6.45, 7) is 1.90. The van der Waals surface area contributed by atoms with Crippen LogP contribution in [-0.4, -0.2) is 26.2 Å². The van der Waals surface area contributed by atoms with Crippen LogP contribution in [0.5, 0.6) is 11.5 Å². The van der Waals surface area contributed by atoms with Gasteiger partial charge in [-0.1, -0.05) is 59.4 Å². The molecule has 7 nitrogen and oxygen atoms in total. The van der Waals surface area contributed by atoms with E-state index in [4.69, 9.17) is 4.84 Å². The van der Waals surface area contributed by atoms with Crippen LogP contribution in [0.15, 0.2) is 78.9 Å². The van der Waals surface area contributed by atoms with Crippen molar-refractivity contribution in [2.45, 2.75) is 6.92 Å². The Morgan fingerprint density at radius 3 is 2.52 bits per heavy atom. The van der Waals surface area contributed by atoms with Crippen molar-refractivity contribution in [1.29, 1.82) is 0 Å². The van der Waals surface area contributed by atoms with Crippen molar-refractivity contribution >= 4 is 33.4 Å². The highest BCUT2D eigenvalue weighted by atomic mass is 16.7. The largest absolute Gasteiger partial charge is 0.506 e. The molecule has 152 valence electrons. The molecule has 1 amide bonds. The first kappa shape index (κ1) is 18.6. The third-order valence-corrected chi connectivity index (χ3v) is 5.12. The van der Waals surface area contributed by atoms with Crippen LogP contribution in [0, 0.1) is 6.92 Å². The number of nitrogens with zero attached hydrogens (tertiary/aromatic N) is 3. The summed E-state index contributed by atoms with van der Waals surface area (Å²) in [5.41, 5.74) is 3.06. The number of phenolic OH excluding ortho intramolecular Hbond substituents is 1. The Labute approximate surface area is 177 Å². The van der Waals surface area contributed by atoms with Gasteiger partial charge in [-0.25, -0.2) is 0 Å². The lowest BCUT2D eigenvalue weighted by Crippen LogP contribution is -2.14. The molecule has 0 saturated carbocycles. The minimum Gasteiger partial charge on any atom is -0.506 e. The highest BCUT2D eigenvalue weighted by molar-refractivity contribution is 6.11. The third kappa shape index (κ3) is 3.32. The van der Waals surface area contributed by atoms with Crippen molar-refractivity contribution in [1.82, 2.24) is 15.2 Å². The number of aromatic hydroxyl groups is 1. The van der Waals surface area contributed by atoms with Crippen LogP contribution in [0.25, 0.3) is 21.8 Å². The van der Waals surface area contributed by atoms with Gasteiger partial charge in [0, 0.05) is 22.5 Å². The maximum atomic E-state index is 13.0. The quantitative estimate of drug-likeness (QED) is 0.449. The van der Waals surface area contributed by atoms with Crippen LogP contribution in [0.3, 0.4) is 0 Å². The molecule has 0 spiro atoms. The van der Waals surface area contributed by atoms with Gasteiger partial charge in [0.15, 0.2) is 5.75 Å². The Kier molecular flexibility index (Phi) is 4.48. The van der Waals surface area contributed by atoms with E-state index in [0.29, 0.717) is 33.2 Å². The Hall–Kier alpha value is -4.39. The lowest BCUT2D eigenvalue weighted by molar-refractivity contribution is 0.102. The summed E-state index contributed by atoms with van der Waals surface area (Å²) in [6.07, 6.45) is 0. The molecule has 2 N–H and O–H groups in total. The van der Waals surface area contributed by atoms with E-state index in [-0.39, 0.29) is 11.3 Å². The van der Waals surface area contributed by atoms with E-state index >= 15 is 0 Å².